The fraction of sp³-hybridized carbons (Fsp3) is 1.00. The summed E-state index contributed by atoms with van der Waals surface area (Å²) in [6.45, 7) is 1.76. The quantitative estimate of drug-likeness (QED) is 0.608. The Morgan fingerprint density at radius 2 is 2.22 bits per heavy atom. The first-order valence-electron chi connectivity index (χ1n) is 3.16. The highest BCUT2D eigenvalue weighted by Gasteiger charge is 2.56. The molecule has 1 nitrogen and oxygen atoms in total. The number of rotatable bonds is 2. The number of alkyl halides is 2. The van der Waals surface area contributed by atoms with Crippen molar-refractivity contribution in [1.82, 2.24) is 0 Å². The van der Waals surface area contributed by atoms with Gasteiger partial charge in [0.05, 0.1) is 0 Å². The van der Waals surface area contributed by atoms with E-state index in [-0.39, 0.29) is 12.5 Å². The summed E-state index contributed by atoms with van der Waals surface area (Å²) in [6.07, 6.45) is 0.515. The van der Waals surface area contributed by atoms with Crippen LogP contribution in [0.3, 0.4) is 0 Å². The van der Waals surface area contributed by atoms with Gasteiger partial charge in [0.15, 0.2) is 0 Å². The lowest BCUT2D eigenvalue weighted by atomic mass is 10.2. The Kier molecular flexibility index (Phi) is 1.47. The molecular formula is C6H11F2N. The van der Waals surface area contributed by atoms with Crippen LogP contribution in [0.4, 0.5) is 8.78 Å². The van der Waals surface area contributed by atoms with Crippen molar-refractivity contribution in [3.63, 3.8) is 0 Å². The Morgan fingerprint density at radius 1 is 1.78 bits per heavy atom. The van der Waals surface area contributed by atoms with Crippen molar-refractivity contribution in [2.45, 2.75) is 31.7 Å². The minimum absolute atomic E-state index is 0.0501. The second kappa shape index (κ2) is 1.90. The standard InChI is InChI=1S/C6H11F2N/c1-4(9)2-5-3-6(5,7)8/h4-5H,2-3,9H2,1H3. The van der Waals surface area contributed by atoms with Gasteiger partial charge in [-0.15, -0.1) is 0 Å². The molecule has 0 bridgehead atoms. The molecule has 0 saturated heterocycles. The third-order valence-electron chi connectivity index (χ3n) is 1.61. The normalized spacial score (nSPS) is 34.0. The van der Waals surface area contributed by atoms with Gasteiger partial charge >= 0.3 is 0 Å². The monoisotopic (exact) mass is 135 g/mol. The van der Waals surface area contributed by atoms with Crippen LogP contribution in [0.1, 0.15) is 19.8 Å². The predicted octanol–water partition coefficient (Wildman–Crippen LogP) is 1.38. The molecule has 0 radical (unpaired) electrons. The highest BCUT2D eigenvalue weighted by Crippen LogP contribution is 2.50. The molecule has 0 aromatic rings. The van der Waals surface area contributed by atoms with Crippen LogP contribution in [0.5, 0.6) is 0 Å². The lowest BCUT2D eigenvalue weighted by Gasteiger charge is -2.01. The number of halogens is 2. The van der Waals surface area contributed by atoms with Gasteiger partial charge in [0.1, 0.15) is 0 Å². The largest absolute Gasteiger partial charge is 0.328 e. The van der Waals surface area contributed by atoms with E-state index in [2.05, 4.69) is 0 Å². The lowest BCUT2D eigenvalue weighted by molar-refractivity contribution is 0.0958. The Labute approximate surface area is 53.2 Å². The summed E-state index contributed by atoms with van der Waals surface area (Å²) in [4.78, 5) is 0. The Morgan fingerprint density at radius 3 is 2.33 bits per heavy atom. The summed E-state index contributed by atoms with van der Waals surface area (Å²) < 4.78 is 24.2. The van der Waals surface area contributed by atoms with Gasteiger partial charge in [-0.1, -0.05) is 0 Å². The highest BCUT2D eigenvalue weighted by atomic mass is 19.3. The lowest BCUT2D eigenvalue weighted by Crippen LogP contribution is -2.16. The second-order valence-corrected chi connectivity index (χ2v) is 2.88. The summed E-state index contributed by atoms with van der Waals surface area (Å²) >= 11 is 0. The SMILES string of the molecule is CC(N)CC1CC1(F)F. The van der Waals surface area contributed by atoms with Gasteiger partial charge in [-0.3, -0.25) is 0 Å². The molecule has 0 spiro atoms. The van der Waals surface area contributed by atoms with Crippen molar-refractivity contribution >= 4 is 0 Å². The average molecular weight is 135 g/mol. The Hall–Kier alpha value is -0.180. The van der Waals surface area contributed by atoms with E-state index in [1.807, 2.05) is 0 Å². The summed E-state index contributed by atoms with van der Waals surface area (Å²) in [7, 11) is 0. The van der Waals surface area contributed by atoms with E-state index in [9.17, 15) is 8.78 Å². The van der Waals surface area contributed by atoms with Gasteiger partial charge in [0.2, 0.25) is 0 Å². The van der Waals surface area contributed by atoms with Gasteiger partial charge in [-0.2, -0.15) is 0 Å². The molecule has 0 aromatic heterocycles. The maximum Gasteiger partial charge on any atom is 0.251 e. The first kappa shape index (κ1) is 6.93. The zero-order valence-electron chi connectivity index (χ0n) is 5.40. The van der Waals surface area contributed by atoms with Crippen LogP contribution < -0.4 is 5.73 Å². The van der Waals surface area contributed by atoms with E-state index in [1.165, 1.54) is 0 Å². The smallest absolute Gasteiger partial charge is 0.251 e. The van der Waals surface area contributed by atoms with Gasteiger partial charge in [-0.05, 0) is 13.3 Å². The molecule has 1 saturated carbocycles. The highest BCUT2D eigenvalue weighted by molar-refractivity contribution is 4.95. The molecule has 3 heteroatoms. The molecule has 1 rings (SSSR count). The maximum atomic E-state index is 12.1. The minimum Gasteiger partial charge on any atom is -0.328 e. The molecule has 2 unspecified atom stereocenters. The van der Waals surface area contributed by atoms with E-state index >= 15 is 0 Å². The van der Waals surface area contributed by atoms with Crippen LogP contribution >= 0.6 is 0 Å². The molecule has 2 atom stereocenters. The fourth-order valence-corrected chi connectivity index (χ4v) is 0.974. The molecule has 0 aliphatic heterocycles. The molecule has 0 amide bonds. The van der Waals surface area contributed by atoms with Gasteiger partial charge in [0, 0.05) is 18.4 Å². The van der Waals surface area contributed by atoms with Crippen LogP contribution in [0, 0.1) is 5.92 Å². The summed E-state index contributed by atoms with van der Waals surface area (Å²) in [5.41, 5.74) is 5.32. The summed E-state index contributed by atoms with van der Waals surface area (Å²) in [5.74, 6) is -2.80. The van der Waals surface area contributed by atoms with Crippen molar-refractivity contribution in [2.75, 3.05) is 0 Å². The number of hydrogen-bond donors (Lipinski definition) is 1. The first-order valence-corrected chi connectivity index (χ1v) is 3.16. The molecule has 0 heterocycles. The van der Waals surface area contributed by atoms with Crippen molar-refractivity contribution in [2.24, 2.45) is 11.7 Å². The minimum atomic E-state index is -2.38. The third-order valence-corrected chi connectivity index (χ3v) is 1.61. The summed E-state index contributed by atoms with van der Waals surface area (Å²) in [5, 5.41) is 0. The molecule has 2 N–H and O–H groups in total. The molecule has 0 aromatic carbocycles. The van der Waals surface area contributed by atoms with Crippen LogP contribution in [0.2, 0.25) is 0 Å². The van der Waals surface area contributed by atoms with E-state index in [1.54, 1.807) is 6.92 Å². The predicted molar refractivity (Wildman–Crippen MR) is 31.3 cm³/mol. The van der Waals surface area contributed by atoms with Crippen LogP contribution in [-0.4, -0.2) is 12.0 Å². The van der Waals surface area contributed by atoms with Crippen LogP contribution in [0.25, 0.3) is 0 Å². The fourth-order valence-electron chi connectivity index (χ4n) is 0.974. The number of nitrogens with two attached hydrogens (primary N) is 1. The molecule has 1 aliphatic rings. The Bertz CT molecular complexity index is 112. The Balaban J connectivity index is 2.20. The van der Waals surface area contributed by atoms with Gasteiger partial charge in [0.25, 0.3) is 5.92 Å². The van der Waals surface area contributed by atoms with Gasteiger partial charge in [-0.25, -0.2) is 8.78 Å². The molecule has 1 aliphatic carbocycles. The molecule has 9 heavy (non-hydrogen) atoms. The molecule has 54 valence electrons. The first-order chi connectivity index (χ1) is 4.02. The zero-order valence-corrected chi connectivity index (χ0v) is 5.40. The van der Waals surface area contributed by atoms with Crippen molar-refractivity contribution in [3.05, 3.63) is 0 Å². The van der Waals surface area contributed by atoms with Crippen molar-refractivity contribution < 1.29 is 8.78 Å². The van der Waals surface area contributed by atoms with E-state index < -0.39 is 11.8 Å². The van der Waals surface area contributed by atoms with Crippen molar-refractivity contribution in [3.8, 4) is 0 Å². The van der Waals surface area contributed by atoms with E-state index in [0.717, 1.165) is 0 Å². The number of hydrogen-bond acceptors (Lipinski definition) is 1. The van der Waals surface area contributed by atoms with E-state index in [0.29, 0.717) is 6.42 Å². The van der Waals surface area contributed by atoms with Crippen LogP contribution in [-0.2, 0) is 0 Å². The molecule has 1 fully saturated rings. The van der Waals surface area contributed by atoms with E-state index in [4.69, 9.17) is 5.73 Å². The topological polar surface area (TPSA) is 26.0 Å². The second-order valence-electron chi connectivity index (χ2n) is 2.88. The maximum absolute atomic E-state index is 12.1. The molecular weight excluding hydrogens is 124 g/mol. The zero-order chi connectivity index (χ0) is 7.07. The summed E-state index contributed by atoms with van der Waals surface area (Å²) in [6, 6.07) is -0.0802. The van der Waals surface area contributed by atoms with Crippen molar-refractivity contribution in [1.29, 1.82) is 0 Å². The van der Waals surface area contributed by atoms with Crippen LogP contribution in [0.15, 0.2) is 0 Å². The average Bonchev–Trinajstić information content (AvgIpc) is 2.10. The third kappa shape index (κ3) is 1.61. The van der Waals surface area contributed by atoms with Gasteiger partial charge < -0.3 is 5.73 Å².